The molecule has 0 aliphatic heterocycles. The van der Waals surface area contributed by atoms with Crippen LogP contribution in [0, 0.1) is 0 Å². The Morgan fingerprint density at radius 1 is 1.37 bits per heavy atom. The molecule has 0 fully saturated rings. The van der Waals surface area contributed by atoms with Gasteiger partial charge in [0.1, 0.15) is 4.90 Å². The maximum absolute atomic E-state index is 11.8. The van der Waals surface area contributed by atoms with E-state index >= 15 is 0 Å². The first-order valence-electron chi connectivity index (χ1n) is 5.91. The van der Waals surface area contributed by atoms with Gasteiger partial charge in [-0.15, -0.1) is 0 Å². The number of H-pyrrole nitrogens is 1. The average Bonchev–Trinajstić information content (AvgIpc) is 2.36. The number of hydrogen-bond donors (Lipinski definition) is 3. The summed E-state index contributed by atoms with van der Waals surface area (Å²) >= 11 is 0. The fourth-order valence-corrected chi connectivity index (χ4v) is 2.42. The van der Waals surface area contributed by atoms with Crippen molar-refractivity contribution in [2.24, 2.45) is 0 Å². The van der Waals surface area contributed by atoms with E-state index in [4.69, 9.17) is 0 Å². The largest absolute Gasteiger partial charge is 0.366 e. The van der Waals surface area contributed by atoms with Gasteiger partial charge in [0, 0.05) is 38.0 Å². The molecule has 0 spiro atoms. The van der Waals surface area contributed by atoms with Crippen molar-refractivity contribution < 1.29 is 13.2 Å². The number of hydrogen-bond acceptors (Lipinski definition) is 4. The third-order valence-electron chi connectivity index (χ3n) is 2.29. The van der Waals surface area contributed by atoms with Crippen molar-refractivity contribution in [2.75, 3.05) is 13.1 Å². The maximum atomic E-state index is 11.8. The normalized spacial score (nSPS) is 11.2. The molecule has 19 heavy (non-hydrogen) atoms. The van der Waals surface area contributed by atoms with Crippen LogP contribution in [-0.2, 0) is 14.8 Å². The van der Waals surface area contributed by atoms with E-state index in [-0.39, 0.29) is 23.8 Å². The molecule has 0 bridgehead atoms. The number of carbonyl (C=O) groups is 1. The molecule has 1 heterocycles. The van der Waals surface area contributed by atoms with Gasteiger partial charge in [-0.1, -0.05) is 6.92 Å². The lowest BCUT2D eigenvalue weighted by atomic mass is 10.4. The molecular weight excluding hydrogens is 270 g/mol. The van der Waals surface area contributed by atoms with E-state index < -0.39 is 15.5 Å². The molecule has 1 rings (SSSR count). The van der Waals surface area contributed by atoms with Crippen LogP contribution in [0.15, 0.2) is 28.2 Å². The van der Waals surface area contributed by atoms with E-state index in [1.165, 1.54) is 6.20 Å². The molecular formula is C11H17N3O4S. The summed E-state index contributed by atoms with van der Waals surface area (Å²) in [5.41, 5.74) is -0.596. The van der Waals surface area contributed by atoms with Crippen LogP contribution in [0.5, 0.6) is 0 Å². The lowest BCUT2D eigenvalue weighted by molar-refractivity contribution is -0.120. The number of aromatic nitrogens is 1. The third kappa shape index (κ3) is 4.84. The monoisotopic (exact) mass is 287 g/mol. The highest BCUT2D eigenvalue weighted by molar-refractivity contribution is 7.89. The van der Waals surface area contributed by atoms with Crippen molar-refractivity contribution in [3.63, 3.8) is 0 Å². The third-order valence-corrected chi connectivity index (χ3v) is 3.78. The standard InChI is InChI=1S/C11H17N3O4S/c1-2-5-13-11(16)4-7-14-19(17,18)10-8-12-6-3-9(10)15/h3,6,8,14H,2,4-5,7H2,1H3,(H,12,15)(H,13,16). The van der Waals surface area contributed by atoms with Crippen LogP contribution in [0.2, 0.25) is 0 Å². The summed E-state index contributed by atoms with van der Waals surface area (Å²) < 4.78 is 25.8. The average molecular weight is 287 g/mol. The summed E-state index contributed by atoms with van der Waals surface area (Å²) in [6.45, 7) is 2.43. The molecule has 8 heteroatoms. The topological polar surface area (TPSA) is 108 Å². The van der Waals surface area contributed by atoms with E-state index in [0.29, 0.717) is 6.54 Å². The first-order valence-corrected chi connectivity index (χ1v) is 7.39. The Bertz CT molecular complexity index is 580. The minimum atomic E-state index is -3.88. The van der Waals surface area contributed by atoms with Crippen LogP contribution < -0.4 is 15.5 Å². The van der Waals surface area contributed by atoms with Gasteiger partial charge in [-0.05, 0) is 6.42 Å². The Hall–Kier alpha value is -1.67. The van der Waals surface area contributed by atoms with E-state index in [2.05, 4.69) is 15.0 Å². The van der Waals surface area contributed by atoms with Crippen molar-refractivity contribution in [2.45, 2.75) is 24.7 Å². The van der Waals surface area contributed by atoms with Gasteiger partial charge >= 0.3 is 0 Å². The van der Waals surface area contributed by atoms with Crippen LogP contribution >= 0.6 is 0 Å². The molecule has 0 atom stereocenters. The molecule has 106 valence electrons. The van der Waals surface area contributed by atoms with Gasteiger partial charge in [0.05, 0.1) is 0 Å². The van der Waals surface area contributed by atoms with Crippen LogP contribution in [-0.4, -0.2) is 32.4 Å². The number of nitrogens with one attached hydrogen (secondary N) is 3. The highest BCUT2D eigenvalue weighted by Gasteiger charge is 2.17. The summed E-state index contributed by atoms with van der Waals surface area (Å²) in [7, 11) is -3.88. The molecule has 1 amide bonds. The molecule has 0 aromatic carbocycles. The summed E-state index contributed by atoms with van der Waals surface area (Å²) in [6, 6.07) is 1.13. The Balaban J connectivity index is 2.55. The van der Waals surface area contributed by atoms with Crippen LogP contribution in [0.25, 0.3) is 0 Å². The molecule has 0 saturated carbocycles. The molecule has 3 N–H and O–H groups in total. The predicted octanol–water partition coefficient (Wildman–Crippen LogP) is -0.430. The highest BCUT2D eigenvalue weighted by atomic mass is 32.2. The van der Waals surface area contributed by atoms with Crippen molar-refractivity contribution in [3.8, 4) is 0 Å². The summed E-state index contributed by atoms with van der Waals surface area (Å²) in [5.74, 6) is -0.230. The fourth-order valence-electron chi connectivity index (χ4n) is 1.34. The minimum absolute atomic E-state index is 0.0317. The number of sulfonamides is 1. The molecule has 1 aromatic heterocycles. The van der Waals surface area contributed by atoms with Gasteiger partial charge < -0.3 is 10.3 Å². The lowest BCUT2D eigenvalue weighted by Crippen LogP contribution is -2.33. The molecule has 0 unspecified atom stereocenters. The molecule has 1 aromatic rings. The summed E-state index contributed by atoms with van der Waals surface area (Å²) in [5, 5.41) is 2.63. The predicted molar refractivity (Wildman–Crippen MR) is 70.2 cm³/mol. The van der Waals surface area contributed by atoms with Gasteiger partial charge in [-0.3, -0.25) is 9.59 Å². The number of rotatable bonds is 7. The lowest BCUT2D eigenvalue weighted by Gasteiger charge is -2.06. The van der Waals surface area contributed by atoms with Crippen molar-refractivity contribution >= 4 is 15.9 Å². The first kappa shape index (κ1) is 15.4. The molecule has 0 saturated heterocycles. The van der Waals surface area contributed by atoms with Gasteiger partial charge in [0.25, 0.3) is 0 Å². The summed E-state index contributed by atoms with van der Waals surface area (Å²) in [4.78, 5) is 24.8. The highest BCUT2D eigenvalue weighted by Crippen LogP contribution is 1.99. The van der Waals surface area contributed by atoms with E-state index in [1.807, 2.05) is 6.92 Å². The first-order chi connectivity index (χ1) is 8.97. The van der Waals surface area contributed by atoms with Gasteiger partial charge in [-0.25, -0.2) is 13.1 Å². The van der Waals surface area contributed by atoms with Gasteiger partial charge in [-0.2, -0.15) is 0 Å². The van der Waals surface area contributed by atoms with E-state index in [0.717, 1.165) is 18.7 Å². The zero-order valence-corrected chi connectivity index (χ0v) is 11.4. The number of carbonyl (C=O) groups excluding carboxylic acids is 1. The SMILES string of the molecule is CCCNC(=O)CCNS(=O)(=O)c1c[nH]ccc1=O. The second-order valence-corrected chi connectivity index (χ2v) is 5.61. The van der Waals surface area contributed by atoms with Crippen molar-refractivity contribution in [3.05, 3.63) is 28.7 Å². The van der Waals surface area contributed by atoms with Crippen molar-refractivity contribution in [1.82, 2.24) is 15.0 Å². The second kappa shape index (κ2) is 7.05. The molecule has 7 nitrogen and oxygen atoms in total. The number of aromatic amines is 1. The van der Waals surface area contributed by atoms with E-state index in [1.54, 1.807) is 0 Å². The quantitative estimate of drug-likeness (QED) is 0.632. The zero-order chi connectivity index (χ0) is 14.3. The summed E-state index contributed by atoms with van der Waals surface area (Å²) in [6.07, 6.45) is 3.31. The minimum Gasteiger partial charge on any atom is -0.366 e. The maximum Gasteiger partial charge on any atom is 0.245 e. The Morgan fingerprint density at radius 2 is 2.11 bits per heavy atom. The Morgan fingerprint density at radius 3 is 2.74 bits per heavy atom. The van der Waals surface area contributed by atoms with E-state index in [9.17, 15) is 18.0 Å². The zero-order valence-electron chi connectivity index (χ0n) is 10.6. The van der Waals surface area contributed by atoms with Crippen LogP contribution in [0.4, 0.5) is 0 Å². The van der Waals surface area contributed by atoms with Crippen molar-refractivity contribution in [1.29, 1.82) is 0 Å². The number of pyridine rings is 1. The smallest absolute Gasteiger partial charge is 0.245 e. The fraction of sp³-hybridized carbons (Fsp3) is 0.455. The second-order valence-electron chi connectivity index (χ2n) is 3.87. The van der Waals surface area contributed by atoms with Crippen LogP contribution in [0.3, 0.4) is 0 Å². The Kier molecular flexibility index (Phi) is 5.71. The number of amides is 1. The van der Waals surface area contributed by atoms with Crippen LogP contribution in [0.1, 0.15) is 19.8 Å². The molecule has 0 radical (unpaired) electrons. The Labute approximate surface area is 111 Å². The van der Waals surface area contributed by atoms with Gasteiger partial charge in [0.15, 0.2) is 0 Å². The molecule has 0 aliphatic carbocycles. The molecule has 0 aliphatic rings. The van der Waals surface area contributed by atoms with Gasteiger partial charge in [0.2, 0.25) is 21.4 Å².